The summed E-state index contributed by atoms with van der Waals surface area (Å²) in [5, 5.41) is 10.8. The monoisotopic (exact) mass is 254 g/mol. The molecule has 0 aliphatic carbocycles. The first kappa shape index (κ1) is 13.3. The van der Waals surface area contributed by atoms with Crippen molar-refractivity contribution in [2.24, 2.45) is 0 Å². The highest BCUT2D eigenvalue weighted by Gasteiger charge is 2.29. The Labute approximate surface area is 113 Å². The van der Waals surface area contributed by atoms with Crippen molar-refractivity contribution < 1.29 is 5.11 Å². The van der Waals surface area contributed by atoms with Crippen molar-refractivity contribution >= 4 is 5.69 Å². The number of benzene rings is 1. The van der Waals surface area contributed by atoms with E-state index in [4.69, 9.17) is 0 Å². The maximum atomic E-state index is 10.8. The Hall–Kier alpha value is -2.13. The second kappa shape index (κ2) is 5.24. The number of rotatable bonds is 4. The molecule has 0 radical (unpaired) electrons. The van der Waals surface area contributed by atoms with Crippen molar-refractivity contribution in [1.29, 1.82) is 0 Å². The van der Waals surface area contributed by atoms with E-state index in [2.05, 4.69) is 11.6 Å². The Balaban J connectivity index is 2.44. The molecule has 0 saturated heterocycles. The number of hydrogen-bond acceptors (Lipinski definition) is 3. The van der Waals surface area contributed by atoms with E-state index in [0.717, 1.165) is 11.3 Å². The number of pyridine rings is 1. The predicted molar refractivity (Wildman–Crippen MR) is 78.2 cm³/mol. The Bertz CT molecular complexity index is 549. The molecule has 1 aromatic carbocycles. The molecular weight excluding hydrogens is 236 g/mol. The molecule has 1 aromatic heterocycles. The molecule has 1 heterocycles. The molecule has 3 heteroatoms. The van der Waals surface area contributed by atoms with Crippen molar-refractivity contribution in [3.05, 3.63) is 72.6 Å². The molecule has 2 aromatic rings. The minimum absolute atomic E-state index is 0.572. The third kappa shape index (κ3) is 2.51. The summed E-state index contributed by atoms with van der Waals surface area (Å²) in [6.07, 6.45) is 3.18. The molecule has 3 nitrogen and oxygen atoms in total. The van der Waals surface area contributed by atoms with Crippen LogP contribution in [0.3, 0.4) is 0 Å². The van der Waals surface area contributed by atoms with Gasteiger partial charge in [-0.3, -0.25) is 4.98 Å². The predicted octanol–water partition coefficient (Wildman–Crippen LogP) is 2.57. The fraction of sp³-hybridized carbons (Fsp3) is 0.188. The van der Waals surface area contributed by atoms with Crippen LogP contribution in [0.5, 0.6) is 0 Å². The number of nitrogens with zero attached hydrogens (tertiary/aromatic N) is 2. The second-order valence-corrected chi connectivity index (χ2v) is 4.63. The van der Waals surface area contributed by atoms with Crippen LogP contribution < -0.4 is 4.90 Å². The quantitative estimate of drug-likeness (QED) is 0.852. The zero-order valence-corrected chi connectivity index (χ0v) is 11.2. The largest absolute Gasteiger partial charge is 0.378 e. The van der Waals surface area contributed by atoms with Crippen molar-refractivity contribution in [1.82, 2.24) is 4.98 Å². The maximum Gasteiger partial charge on any atom is 0.150 e. The summed E-state index contributed by atoms with van der Waals surface area (Å²) in [5.74, 6) is 0. The van der Waals surface area contributed by atoms with E-state index >= 15 is 0 Å². The van der Waals surface area contributed by atoms with Crippen LogP contribution in [0.15, 0.2) is 61.3 Å². The van der Waals surface area contributed by atoms with Gasteiger partial charge in [-0.25, -0.2) is 0 Å². The third-order valence-electron chi connectivity index (χ3n) is 3.17. The molecule has 2 rings (SSSR count). The van der Waals surface area contributed by atoms with Gasteiger partial charge in [0.05, 0.1) is 5.69 Å². The highest BCUT2D eigenvalue weighted by molar-refractivity contribution is 5.49. The van der Waals surface area contributed by atoms with E-state index in [-0.39, 0.29) is 0 Å². The third-order valence-corrected chi connectivity index (χ3v) is 3.17. The van der Waals surface area contributed by atoms with Gasteiger partial charge in [0.2, 0.25) is 0 Å². The molecule has 0 amide bonds. The van der Waals surface area contributed by atoms with Crippen LogP contribution in [0.25, 0.3) is 0 Å². The zero-order chi connectivity index (χ0) is 13.9. The SMILES string of the molecule is C=C[C@@](O)(c1ccc(N(C)C)cc1)c1ccccn1. The fourth-order valence-electron chi connectivity index (χ4n) is 1.97. The first-order chi connectivity index (χ1) is 9.08. The van der Waals surface area contributed by atoms with E-state index in [0.29, 0.717) is 5.69 Å². The Morgan fingerprint density at radius 2 is 1.84 bits per heavy atom. The molecule has 0 bridgehead atoms. The Morgan fingerprint density at radius 1 is 1.16 bits per heavy atom. The standard InChI is InChI=1S/C16H18N2O/c1-4-16(19,15-7-5-6-12-17-15)13-8-10-14(11-9-13)18(2)3/h4-12,19H,1H2,2-3H3/t16-/m1/s1. The van der Waals surface area contributed by atoms with E-state index in [1.54, 1.807) is 12.3 Å². The summed E-state index contributed by atoms with van der Waals surface area (Å²) in [4.78, 5) is 6.24. The summed E-state index contributed by atoms with van der Waals surface area (Å²) >= 11 is 0. The van der Waals surface area contributed by atoms with Crippen LogP contribution in [0.1, 0.15) is 11.3 Å². The summed E-state index contributed by atoms with van der Waals surface area (Å²) in [7, 11) is 3.96. The molecular formula is C16H18N2O. The van der Waals surface area contributed by atoms with Gasteiger partial charge in [-0.15, -0.1) is 0 Å². The molecule has 98 valence electrons. The molecule has 1 N–H and O–H groups in total. The number of aromatic nitrogens is 1. The van der Waals surface area contributed by atoms with Gasteiger partial charge in [0.1, 0.15) is 5.60 Å². The lowest BCUT2D eigenvalue weighted by molar-refractivity contribution is 0.130. The minimum atomic E-state index is -1.26. The normalized spacial score (nSPS) is 13.6. The van der Waals surface area contributed by atoms with Crippen LogP contribution in [0.4, 0.5) is 5.69 Å². The van der Waals surface area contributed by atoms with Crippen molar-refractivity contribution in [3.63, 3.8) is 0 Å². The summed E-state index contributed by atoms with van der Waals surface area (Å²) in [6, 6.07) is 13.2. The molecule has 1 atom stereocenters. The number of aliphatic hydroxyl groups is 1. The second-order valence-electron chi connectivity index (χ2n) is 4.63. The van der Waals surface area contributed by atoms with E-state index < -0.39 is 5.60 Å². The van der Waals surface area contributed by atoms with Crippen molar-refractivity contribution in [2.45, 2.75) is 5.60 Å². The summed E-state index contributed by atoms with van der Waals surface area (Å²) in [5.41, 5.74) is 1.15. The first-order valence-electron chi connectivity index (χ1n) is 6.13. The van der Waals surface area contributed by atoms with Gasteiger partial charge in [-0.1, -0.05) is 24.8 Å². The lowest BCUT2D eigenvalue weighted by Crippen LogP contribution is -2.25. The van der Waals surface area contributed by atoms with Crippen LogP contribution in [-0.2, 0) is 5.60 Å². The van der Waals surface area contributed by atoms with Crippen LogP contribution in [-0.4, -0.2) is 24.2 Å². The lowest BCUT2D eigenvalue weighted by Gasteiger charge is -2.25. The van der Waals surface area contributed by atoms with Crippen molar-refractivity contribution in [2.75, 3.05) is 19.0 Å². The molecule has 0 aliphatic rings. The highest BCUT2D eigenvalue weighted by atomic mass is 16.3. The Morgan fingerprint density at radius 3 is 2.32 bits per heavy atom. The summed E-state index contributed by atoms with van der Waals surface area (Å²) in [6.45, 7) is 3.74. The van der Waals surface area contributed by atoms with Gasteiger partial charge in [-0.2, -0.15) is 0 Å². The van der Waals surface area contributed by atoms with Crippen LogP contribution in [0.2, 0.25) is 0 Å². The lowest BCUT2D eigenvalue weighted by atomic mass is 9.90. The van der Waals surface area contributed by atoms with Crippen LogP contribution >= 0.6 is 0 Å². The molecule has 0 aliphatic heterocycles. The molecule has 0 spiro atoms. The average molecular weight is 254 g/mol. The Kier molecular flexibility index (Phi) is 3.67. The smallest absolute Gasteiger partial charge is 0.150 e. The molecule has 0 unspecified atom stereocenters. The fourth-order valence-corrected chi connectivity index (χ4v) is 1.97. The van der Waals surface area contributed by atoms with Gasteiger partial charge in [0.25, 0.3) is 0 Å². The number of anilines is 1. The van der Waals surface area contributed by atoms with Crippen molar-refractivity contribution in [3.8, 4) is 0 Å². The molecule has 0 fully saturated rings. The van der Waals surface area contributed by atoms with Gasteiger partial charge in [-0.05, 0) is 35.9 Å². The zero-order valence-electron chi connectivity index (χ0n) is 11.2. The summed E-state index contributed by atoms with van der Waals surface area (Å²) < 4.78 is 0. The minimum Gasteiger partial charge on any atom is -0.378 e. The van der Waals surface area contributed by atoms with Gasteiger partial charge in [0, 0.05) is 26.0 Å². The average Bonchev–Trinajstić information content (AvgIpc) is 2.47. The van der Waals surface area contributed by atoms with E-state index in [1.165, 1.54) is 6.08 Å². The first-order valence-corrected chi connectivity index (χ1v) is 6.13. The highest BCUT2D eigenvalue weighted by Crippen LogP contribution is 2.30. The van der Waals surface area contributed by atoms with Gasteiger partial charge < -0.3 is 10.0 Å². The van der Waals surface area contributed by atoms with Gasteiger partial charge >= 0.3 is 0 Å². The van der Waals surface area contributed by atoms with Crippen LogP contribution in [0, 0.1) is 0 Å². The topological polar surface area (TPSA) is 36.4 Å². The van der Waals surface area contributed by atoms with E-state index in [9.17, 15) is 5.11 Å². The molecule has 19 heavy (non-hydrogen) atoms. The molecule has 0 saturated carbocycles. The maximum absolute atomic E-state index is 10.8. The number of hydrogen-bond donors (Lipinski definition) is 1. The van der Waals surface area contributed by atoms with Gasteiger partial charge in [0.15, 0.2) is 0 Å². The van der Waals surface area contributed by atoms with E-state index in [1.807, 2.05) is 55.4 Å².